The van der Waals surface area contributed by atoms with Gasteiger partial charge in [0.15, 0.2) is 0 Å². The molecule has 19 heavy (non-hydrogen) atoms. The lowest BCUT2D eigenvalue weighted by Gasteiger charge is -2.13. The van der Waals surface area contributed by atoms with Crippen molar-refractivity contribution in [3.8, 4) is 0 Å². The summed E-state index contributed by atoms with van der Waals surface area (Å²) in [5, 5.41) is 6.42. The maximum absolute atomic E-state index is 3.63. The highest BCUT2D eigenvalue weighted by Gasteiger charge is 2.20. The van der Waals surface area contributed by atoms with E-state index >= 15 is 0 Å². The molecule has 1 fully saturated rings. The number of fused-ring (bicyclic) bond motifs is 1. The summed E-state index contributed by atoms with van der Waals surface area (Å²) in [4.78, 5) is 0. The summed E-state index contributed by atoms with van der Waals surface area (Å²) in [6.45, 7) is 3.54. The zero-order chi connectivity index (χ0) is 13.1. The van der Waals surface area contributed by atoms with E-state index < -0.39 is 0 Å². The fourth-order valence-corrected chi connectivity index (χ4v) is 2.67. The molecule has 0 bridgehead atoms. The molecule has 2 aromatic rings. The predicted octanol–water partition coefficient (Wildman–Crippen LogP) is 4.16. The van der Waals surface area contributed by atoms with E-state index in [-0.39, 0.29) is 0 Å². The van der Waals surface area contributed by atoms with Crippen molar-refractivity contribution in [2.24, 2.45) is 5.92 Å². The lowest BCUT2D eigenvalue weighted by atomic mass is 9.96. The monoisotopic (exact) mass is 253 g/mol. The van der Waals surface area contributed by atoms with Crippen LogP contribution in [-0.2, 0) is 6.42 Å². The first-order valence-corrected chi connectivity index (χ1v) is 7.53. The van der Waals surface area contributed by atoms with E-state index in [0.717, 1.165) is 12.0 Å². The third-order valence-electron chi connectivity index (χ3n) is 4.12. The van der Waals surface area contributed by atoms with Gasteiger partial charge in [0.1, 0.15) is 0 Å². The van der Waals surface area contributed by atoms with Gasteiger partial charge in [0.25, 0.3) is 0 Å². The van der Waals surface area contributed by atoms with Crippen molar-refractivity contribution in [1.29, 1.82) is 0 Å². The SMILES string of the molecule is CC(CCc1cccc2ccccc12)CNC1CC1. The molecule has 1 N–H and O–H groups in total. The topological polar surface area (TPSA) is 12.0 Å². The van der Waals surface area contributed by atoms with Crippen LogP contribution in [0.25, 0.3) is 10.8 Å². The summed E-state index contributed by atoms with van der Waals surface area (Å²) in [5.74, 6) is 0.763. The van der Waals surface area contributed by atoms with Crippen LogP contribution in [0, 0.1) is 5.92 Å². The first-order valence-electron chi connectivity index (χ1n) is 7.53. The summed E-state index contributed by atoms with van der Waals surface area (Å²) in [6, 6.07) is 16.2. The molecule has 1 atom stereocenters. The number of rotatable bonds is 6. The van der Waals surface area contributed by atoms with Crippen molar-refractivity contribution in [2.45, 2.75) is 38.6 Å². The van der Waals surface area contributed by atoms with Gasteiger partial charge in [0.2, 0.25) is 0 Å². The van der Waals surface area contributed by atoms with Crippen molar-refractivity contribution in [1.82, 2.24) is 5.32 Å². The summed E-state index contributed by atoms with van der Waals surface area (Å²) in [5.41, 5.74) is 1.50. The second-order valence-corrected chi connectivity index (χ2v) is 5.96. The Balaban J connectivity index is 1.61. The van der Waals surface area contributed by atoms with Crippen LogP contribution in [0.4, 0.5) is 0 Å². The Bertz CT molecular complexity index is 537. The van der Waals surface area contributed by atoms with Gasteiger partial charge in [0, 0.05) is 6.04 Å². The molecule has 0 radical (unpaired) electrons. The molecule has 0 heterocycles. The Morgan fingerprint density at radius 2 is 1.89 bits per heavy atom. The van der Waals surface area contributed by atoms with E-state index in [1.165, 1.54) is 48.6 Å². The number of hydrogen-bond donors (Lipinski definition) is 1. The van der Waals surface area contributed by atoms with Gasteiger partial charge in [-0.1, -0.05) is 49.4 Å². The Morgan fingerprint density at radius 1 is 1.11 bits per heavy atom. The van der Waals surface area contributed by atoms with Crippen LogP contribution in [0.15, 0.2) is 42.5 Å². The van der Waals surface area contributed by atoms with Crippen LogP contribution in [0.3, 0.4) is 0 Å². The average molecular weight is 253 g/mol. The third kappa shape index (κ3) is 3.36. The Labute approximate surface area is 116 Å². The molecule has 0 spiro atoms. The van der Waals surface area contributed by atoms with Gasteiger partial charge in [-0.2, -0.15) is 0 Å². The second kappa shape index (κ2) is 5.75. The molecule has 100 valence electrons. The first-order chi connectivity index (χ1) is 9.33. The lowest BCUT2D eigenvalue weighted by Crippen LogP contribution is -2.23. The van der Waals surface area contributed by atoms with Crippen molar-refractivity contribution in [2.75, 3.05) is 6.54 Å². The zero-order valence-corrected chi connectivity index (χ0v) is 11.7. The molecule has 2 aromatic carbocycles. The third-order valence-corrected chi connectivity index (χ3v) is 4.12. The van der Waals surface area contributed by atoms with Crippen LogP contribution in [0.1, 0.15) is 31.7 Å². The van der Waals surface area contributed by atoms with Gasteiger partial charge in [-0.3, -0.25) is 0 Å². The molecule has 1 aliphatic rings. The second-order valence-electron chi connectivity index (χ2n) is 5.96. The summed E-state index contributed by atoms with van der Waals surface area (Å²) >= 11 is 0. The van der Waals surface area contributed by atoms with Crippen LogP contribution >= 0.6 is 0 Å². The molecule has 1 saturated carbocycles. The maximum Gasteiger partial charge on any atom is 0.00683 e. The lowest BCUT2D eigenvalue weighted by molar-refractivity contribution is 0.480. The van der Waals surface area contributed by atoms with Crippen molar-refractivity contribution < 1.29 is 0 Å². The van der Waals surface area contributed by atoms with Crippen LogP contribution in [0.5, 0.6) is 0 Å². The molecule has 0 saturated heterocycles. The van der Waals surface area contributed by atoms with Crippen molar-refractivity contribution in [3.05, 3.63) is 48.0 Å². The summed E-state index contributed by atoms with van der Waals surface area (Å²) < 4.78 is 0. The molecule has 3 rings (SSSR count). The Hall–Kier alpha value is -1.34. The average Bonchev–Trinajstić information content (AvgIpc) is 3.27. The largest absolute Gasteiger partial charge is 0.314 e. The molecule has 0 aliphatic heterocycles. The van der Waals surface area contributed by atoms with Gasteiger partial charge in [-0.25, -0.2) is 0 Å². The maximum atomic E-state index is 3.63. The van der Waals surface area contributed by atoms with E-state index in [2.05, 4.69) is 54.7 Å². The molecule has 1 heteroatoms. The summed E-state index contributed by atoms with van der Waals surface area (Å²) in [6.07, 6.45) is 5.23. The van der Waals surface area contributed by atoms with Gasteiger partial charge >= 0.3 is 0 Å². The molecule has 1 unspecified atom stereocenters. The quantitative estimate of drug-likeness (QED) is 0.815. The van der Waals surface area contributed by atoms with Gasteiger partial charge in [-0.15, -0.1) is 0 Å². The number of hydrogen-bond acceptors (Lipinski definition) is 1. The minimum atomic E-state index is 0.763. The minimum Gasteiger partial charge on any atom is -0.314 e. The molecule has 1 aliphatic carbocycles. The highest BCUT2D eigenvalue weighted by Crippen LogP contribution is 2.22. The number of benzene rings is 2. The summed E-state index contributed by atoms with van der Waals surface area (Å²) in [7, 11) is 0. The smallest absolute Gasteiger partial charge is 0.00683 e. The van der Waals surface area contributed by atoms with E-state index in [1.54, 1.807) is 0 Å². The molecular weight excluding hydrogens is 230 g/mol. The van der Waals surface area contributed by atoms with Crippen LogP contribution in [-0.4, -0.2) is 12.6 Å². The molecule has 0 aromatic heterocycles. The van der Waals surface area contributed by atoms with E-state index in [4.69, 9.17) is 0 Å². The number of aryl methyl sites for hydroxylation is 1. The molecular formula is C18H23N. The molecule has 0 amide bonds. The van der Waals surface area contributed by atoms with Crippen LogP contribution < -0.4 is 5.32 Å². The van der Waals surface area contributed by atoms with Gasteiger partial charge in [-0.05, 0) is 54.5 Å². The zero-order valence-electron chi connectivity index (χ0n) is 11.7. The number of nitrogens with one attached hydrogen (secondary N) is 1. The minimum absolute atomic E-state index is 0.763. The van der Waals surface area contributed by atoms with Gasteiger partial charge < -0.3 is 5.32 Å². The van der Waals surface area contributed by atoms with Gasteiger partial charge in [0.05, 0.1) is 0 Å². The van der Waals surface area contributed by atoms with E-state index in [1.807, 2.05) is 0 Å². The molecule has 1 nitrogen and oxygen atoms in total. The Kier molecular flexibility index (Phi) is 3.84. The first kappa shape index (κ1) is 12.7. The standard InChI is InChI=1S/C18H23N/c1-14(13-19-17-11-12-17)9-10-16-7-4-6-15-5-2-3-8-18(15)16/h2-8,14,17,19H,9-13H2,1H3. The Morgan fingerprint density at radius 3 is 2.74 bits per heavy atom. The fourth-order valence-electron chi connectivity index (χ4n) is 2.67. The van der Waals surface area contributed by atoms with Crippen molar-refractivity contribution in [3.63, 3.8) is 0 Å². The normalized spacial score (nSPS) is 16.7. The highest BCUT2D eigenvalue weighted by atomic mass is 14.9. The van der Waals surface area contributed by atoms with E-state index in [0.29, 0.717) is 0 Å². The fraction of sp³-hybridized carbons (Fsp3) is 0.444. The van der Waals surface area contributed by atoms with Crippen molar-refractivity contribution >= 4 is 10.8 Å². The predicted molar refractivity (Wildman–Crippen MR) is 82.5 cm³/mol. The van der Waals surface area contributed by atoms with Crippen LogP contribution in [0.2, 0.25) is 0 Å². The highest BCUT2D eigenvalue weighted by molar-refractivity contribution is 5.85. The van der Waals surface area contributed by atoms with E-state index in [9.17, 15) is 0 Å².